The molecule has 0 saturated heterocycles. The fourth-order valence-corrected chi connectivity index (χ4v) is 4.47. The molecule has 0 aliphatic rings. The third-order valence-corrected chi connectivity index (χ3v) is 6.52. The molecule has 2 N–H and O–H groups in total. The highest BCUT2D eigenvalue weighted by Gasteiger charge is 2.17. The first-order valence-corrected chi connectivity index (χ1v) is 14.1. The Morgan fingerprint density at radius 2 is 1.18 bits per heavy atom. The molecule has 0 amide bonds. The van der Waals surface area contributed by atoms with Gasteiger partial charge in [-0.3, -0.25) is 4.52 Å². The van der Waals surface area contributed by atoms with Crippen LogP contribution in [0.5, 0.6) is 0 Å². The molecule has 0 aliphatic heterocycles. The molecule has 0 aromatic rings. The molecule has 0 fully saturated rings. The van der Waals surface area contributed by atoms with Crippen molar-refractivity contribution in [2.45, 2.75) is 116 Å². The summed E-state index contributed by atoms with van der Waals surface area (Å²) < 4.78 is 28.0. The van der Waals surface area contributed by atoms with Crippen LogP contribution in [0.2, 0.25) is 0 Å². The third kappa shape index (κ3) is 24.4. The van der Waals surface area contributed by atoms with Gasteiger partial charge in [-0.2, -0.15) is 11.8 Å². The summed E-state index contributed by atoms with van der Waals surface area (Å²) >= 11 is 1.49. The van der Waals surface area contributed by atoms with E-state index in [2.05, 4.69) is 11.4 Å². The van der Waals surface area contributed by atoms with Crippen molar-refractivity contribution in [3.05, 3.63) is 0 Å². The van der Waals surface area contributed by atoms with Crippen LogP contribution in [0.3, 0.4) is 0 Å². The largest absolute Gasteiger partial charge is 0.469 e. The Morgan fingerprint density at radius 3 is 1.57 bits per heavy atom. The number of unbranched alkanes of at least 4 members (excludes halogenated alkanes) is 15. The molecule has 28 heavy (non-hydrogen) atoms. The molecule has 0 heterocycles. The van der Waals surface area contributed by atoms with E-state index in [0.29, 0.717) is 0 Å². The van der Waals surface area contributed by atoms with Gasteiger partial charge >= 0.3 is 7.82 Å². The number of halogens is 1. The van der Waals surface area contributed by atoms with Gasteiger partial charge in [0.15, 0.2) is 0 Å². The predicted molar refractivity (Wildman–Crippen MR) is 120 cm³/mol. The van der Waals surface area contributed by atoms with Gasteiger partial charge in [-0.05, 0) is 12.2 Å². The van der Waals surface area contributed by atoms with Crippen LogP contribution in [0, 0.1) is 0 Å². The van der Waals surface area contributed by atoms with Gasteiger partial charge in [0.1, 0.15) is 6.17 Å². The van der Waals surface area contributed by atoms with Gasteiger partial charge in [-0.15, -0.1) is 0 Å². The van der Waals surface area contributed by atoms with Gasteiger partial charge in [0.2, 0.25) is 0 Å². The zero-order valence-electron chi connectivity index (χ0n) is 18.0. The van der Waals surface area contributed by atoms with E-state index in [4.69, 9.17) is 9.79 Å². The lowest BCUT2D eigenvalue weighted by Gasteiger charge is -2.09. The van der Waals surface area contributed by atoms with Crippen molar-refractivity contribution in [1.29, 1.82) is 0 Å². The van der Waals surface area contributed by atoms with Gasteiger partial charge in [0, 0.05) is 5.75 Å². The number of rotatable bonds is 22. The zero-order chi connectivity index (χ0) is 20.9. The minimum absolute atomic E-state index is 0.235. The van der Waals surface area contributed by atoms with Crippen molar-refractivity contribution in [1.82, 2.24) is 0 Å². The summed E-state index contributed by atoms with van der Waals surface area (Å²) in [5.41, 5.74) is 0. The summed E-state index contributed by atoms with van der Waals surface area (Å²) in [7, 11) is -4.55. The quantitative estimate of drug-likeness (QED) is 0.135. The van der Waals surface area contributed by atoms with Crippen LogP contribution in [0.1, 0.15) is 110 Å². The topological polar surface area (TPSA) is 66.8 Å². The molecule has 0 spiro atoms. The van der Waals surface area contributed by atoms with Crippen LogP contribution in [-0.4, -0.2) is 34.1 Å². The normalized spacial score (nSPS) is 13.1. The molecule has 4 nitrogen and oxygen atoms in total. The van der Waals surface area contributed by atoms with E-state index >= 15 is 0 Å². The Bertz CT molecular complexity index is 368. The van der Waals surface area contributed by atoms with E-state index in [0.717, 1.165) is 12.2 Å². The van der Waals surface area contributed by atoms with E-state index < -0.39 is 20.6 Å². The molecule has 0 aromatic carbocycles. The monoisotopic (exact) mass is 442 g/mol. The van der Waals surface area contributed by atoms with Crippen molar-refractivity contribution >= 4 is 19.6 Å². The second-order valence-corrected chi connectivity index (χ2v) is 10.2. The van der Waals surface area contributed by atoms with E-state index in [1.54, 1.807) is 0 Å². The Hall–Kier alpha value is 0.390. The van der Waals surface area contributed by atoms with Crippen LogP contribution in [-0.2, 0) is 9.09 Å². The zero-order valence-corrected chi connectivity index (χ0v) is 19.7. The number of alkyl halides is 1. The Balaban J connectivity index is 3.13. The SMILES string of the molecule is CCCCCCCCCCCCCCCCCCSCC(F)COP(=O)(O)O. The second-order valence-electron chi connectivity index (χ2n) is 7.76. The molecule has 0 radical (unpaired) electrons. The first-order chi connectivity index (χ1) is 13.5. The fourth-order valence-electron chi connectivity index (χ4n) is 3.19. The maximum absolute atomic E-state index is 13.4. The van der Waals surface area contributed by atoms with Crippen molar-refractivity contribution in [3.8, 4) is 0 Å². The van der Waals surface area contributed by atoms with Gasteiger partial charge < -0.3 is 9.79 Å². The van der Waals surface area contributed by atoms with Crippen molar-refractivity contribution in [2.24, 2.45) is 0 Å². The second kappa shape index (κ2) is 20.7. The Kier molecular flexibility index (Phi) is 20.9. The molecule has 0 bridgehead atoms. The highest BCUT2D eigenvalue weighted by Crippen LogP contribution is 2.36. The van der Waals surface area contributed by atoms with Crippen molar-refractivity contribution in [3.63, 3.8) is 0 Å². The summed E-state index contributed by atoms with van der Waals surface area (Å²) in [5, 5.41) is 0. The van der Waals surface area contributed by atoms with E-state index in [1.807, 2.05) is 0 Å². The minimum Gasteiger partial charge on any atom is -0.303 e. The molecule has 7 heteroatoms. The van der Waals surface area contributed by atoms with E-state index in [1.165, 1.54) is 108 Å². The summed E-state index contributed by atoms with van der Waals surface area (Å²) in [6.07, 6.45) is 20.2. The highest BCUT2D eigenvalue weighted by atomic mass is 32.2. The summed E-state index contributed by atoms with van der Waals surface area (Å²) in [6.45, 7) is 1.73. The van der Waals surface area contributed by atoms with Gasteiger partial charge in [-0.25, -0.2) is 8.96 Å². The first-order valence-electron chi connectivity index (χ1n) is 11.4. The number of hydrogen-bond donors (Lipinski definition) is 2. The fraction of sp³-hybridized carbons (Fsp3) is 1.00. The molecule has 0 aromatic heterocycles. The summed E-state index contributed by atoms with van der Waals surface area (Å²) in [4.78, 5) is 17.0. The molecule has 0 saturated carbocycles. The maximum atomic E-state index is 13.4. The van der Waals surface area contributed by atoms with Crippen LogP contribution in [0.15, 0.2) is 0 Å². The van der Waals surface area contributed by atoms with Crippen molar-refractivity contribution in [2.75, 3.05) is 18.1 Å². The average molecular weight is 443 g/mol. The Labute approximate surface area is 177 Å². The lowest BCUT2D eigenvalue weighted by molar-refractivity contribution is 0.153. The standard InChI is InChI=1S/C21H44FO4PS/c1-2-3-4-5-6-7-8-9-10-11-12-13-14-15-16-17-18-28-20-21(22)19-26-27(23,24)25/h21H,2-20H2,1H3,(H2,23,24,25). The van der Waals surface area contributed by atoms with Crippen molar-refractivity contribution < 1.29 is 23.3 Å². The number of phosphoric acid groups is 1. The van der Waals surface area contributed by atoms with Crippen LogP contribution < -0.4 is 0 Å². The molecule has 0 rings (SSSR count). The minimum atomic E-state index is -4.55. The van der Waals surface area contributed by atoms with Crippen LogP contribution in [0.4, 0.5) is 4.39 Å². The van der Waals surface area contributed by atoms with Crippen LogP contribution >= 0.6 is 19.6 Å². The number of thioether (sulfide) groups is 1. The average Bonchev–Trinajstić information content (AvgIpc) is 2.65. The first kappa shape index (κ1) is 28.4. The Morgan fingerprint density at radius 1 is 0.786 bits per heavy atom. The molecular formula is C21H44FO4PS. The summed E-state index contributed by atoms with van der Waals surface area (Å²) in [5.74, 6) is 1.13. The lowest BCUT2D eigenvalue weighted by atomic mass is 10.0. The molecule has 1 atom stereocenters. The predicted octanol–water partition coefficient (Wildman–Crippen LogP) is 7.43. The molecule has 0 aliphatic carbocycles. The third-order valence-electron chi connectivity index (χ3n) is 4.86. The number of hydrogen-bond acceptors (Lipinski definition) is 3. The maximum Gasteiger partial charge on any atom is 0.469 e. The number of phosphoric ester groups is 1. The molecule has 1 unspecified atom stereocenters. The van der Waals surface area contributed by atoms with E-state index in [9.17, 15) is 8.96 Å². The lowest BCUT2D eigenvalue weighted by Crippen LogP contribution is -2.12. The van der Waals surface area contributed by atoms with E-state index in [-0.39, 0.29) is 5.75 Å². The molecular weight excluding hydrogens is 398 g/mol. The van der Waals surface area contributed by atoms with Gasteiger partial charge in [0.25, 0.3) is 0 Å². The van der Waals surface area contributed by atoms with Gasteiger partial charge in [-0.1, -0.05) is 103 Å². The summed E-state index contributed by atoms with van der Waals surface area (Å²) in [6, 6.07) is 0. The van der Waals surface area contributed by atoms with Gasteiger partial charge in [0.05, 0.1) is 6.61 Å². The highest BCUT2D eigenvalue weighted by molar-refractivity contribution is 7.99. The molecule has 170 valence electrons. The smallest absolute Gasteiger partial charge is 0.303 e. The van der Waals surface area contributed by atoms with Crippen LogP contribution in [0.25, 0.3) is 0 Å².